The lowest BCUT2D eigenvalue weighted by Gasteiger charge is -2.30. The zero-order chi connectivity index (χ0) is 13.7. The minimum atomic E-state index is -0.565. The Hall–Kier alpha value is -0.320. The monoisotopic (exact) mass is 304 g/mol. The summed E-state index contributed by atoms with van der Waals surface area (Å²) < 4.78 is 5.82. The van der Waals surface area contributed by atoms with Gasteiger partial charge in [-0.1, -0.05) is 19.8 Å². The van der Waals surface area contributed by atoms with E-state index >= 15 is 0 Å². The highest BCUT2D eigenvalue weighted by molar-refractivity contribution is 5.86. The van der Waals surface area contributed by atoms with Crippen LogP contribution in [0.15, 0.2) is 0 Å². The van der Waals surface area contributed by atoms with Crippen molar-refractivity contribution in [1.82, 2.24) is 4.90 Å². The zero-order valence-electron chi connectivity index (χ0n) is 12.6. The highest BCUT2D eigenvalue weighted by Gasteiger charge is 2.40. The van der Waals surface area contributed by atoms with Crippen LogP contribution in [0.4, 0.5) is 0 Å². The molecule has 0 radical (unpaired) electrons. The van der Waals surface area contributed by atoms with Crippen LogP contribution < -0.4 is 5.73 Å². The minimum absolute atomic E-state index is 0. The maximum absolute atomic E-state index is 12.6. The molecule has 1 heterocycles. The van der Waals surface area contributed by atoms with Crippen LogP contribution in [-0.2, 0) is 9.53 Å². The largest absolute Gasteiger partial charge is 0.378 e. The Morgan fingerprint density at radius 1 is 1.25 bits per heavy atom. The molecule has 0 aromatic heterocycles. The number of hydrogen-bond donors (Lipinski definition) is 1. The molecule has 1 saturated heterocycles. The first-order valence-corrected chi connectivity index (χ1v) is 7.85. The summed E-state index contributed by atoms with van der Waals surface area (Å²) in [7, 11) is 0. The third-order valence-corrected chi connectivity index (χ3v) is 4.44. The molecule has 4 nitrogen and oxygen atoms in total. The summed E-state index contributed by atoms with van der Waals surface area (Å²) in [6.07, 6.45) is 8.37. The number of nitrogens with two attached hydrogens (primary N) is 1. The van der Waals surface area contributed by atoms with E-state index in [0.29, 0.717) is 6.10 Å². The number of rotatable bonds is 4. The molecule has 5 heteroatoms. The summed E-state index contributed by atoms with van der Waals surface area (Å²) in [6.45, 7) is 4.63. The average Bonchev–Trinajstić information content (AvgIpc) is 2.73. The van der Waals surface area contributed by atoms with Gasteiger partial charge in [0.2, 0.25) is 5.91 Å². The molecule has 1 unspecified atom stereocenters. The molecule has 0 bridgehead atoms. The van der Waals surface area contributed by atoms with E-state index < -0.39 is 5.54 Å². The fourth-order valence-electron chi connectivity index (χ4n) is 3.25. The Labute approximate surface area is 128 Å². The maximum atomic E-state index is 12.6. The van der Waals surface area contributed by atoms with Crippen LogP contribution in [0.3, 0.4) is 0 Å². The lowest BCUT2D eigenvalue weighted by Crippen LogP contribution is -2.53. The third-order valence-electron chi connectivity index (χ3n) is 4.44. The van der Waals surface area contributed by atoms with E-state index in [2.05, 4.69) is 6.92 Å². The topological polar surface area (TPSA) is 55.6 Å². The number of halogens is 1. The van der Waals surface area contributed by atoms with Gasteiger partial charge in [0, 0.05) is 19.7 Å². The lowest BCUT2D eigenvalue weighted by molar-refractivity contribution is -0.136. The van der Waals surface area contributed by atoms with Crippen molar-refractivity contribution >= 4 is 18.3 Å². The number of carbonyl (C=O) groups excluding carboxylic acids is 1. The van der Waals surface area contributed by atoms with Gasteiger partial charge in [0.05, 0.1) is 11.6 Å². The molecular formula is C15H29ClN2O2. The summed E-state index contributed by atoms with van der Waals surface area (Å²) in [4.78, 5) is 14.5. The van der Waals surface area contributed by atoms with E-state index in [0.717, 1.165) is 71.1 Å². The predicted octanol–water partition coefficient (Wildman–Crippen LogP) is 2.49. The van der Waals surface area contributed by atoms with Crippen molar-refractivity contribution in [1.29, 1.82) is 0 Å². The normalized spacial score (nSPS) is 25.9. The average molecular weight is 305 g/mol. The van der Waals surface area contributed by atoms with E-state index in [-0.39, 0.29) is 18.3 Å². The van der Waals surface area contributed by atoms with Gasteiger partial charge in [-0.2, -0.15) is 0 Å². The SMILES string of the molecule is CCCOC1CCCN(C(=O)C2(N)CCCC2)CC1.Cl. The molecule has 1 amide bonds. The highest BCUT2D eigenvalue weighted by atomic mass is 35.5. The van der Waals surface area contributed by atoms with Crippen molar-refractivity contribution in [2.45, 2.75) is 69.9 Å². The summed E-state index contributed by atoms with van der Waals surface area (Å²) in [5.41, 5.74) is 5.71. The van der Waals surface area contributed by atoms with Crippen LogP contribution >= 0.6 is 12.4 Å². The molecule has 2 fully saturated rings. The fourth-order valence-corrected chi connectivity index (χ4v) is 3.25. The second-order valence-electron chi connectivity index (χ2n) is 6.08. The third kappa shape index (κ3) is 4.34. The van der Waals surface area contributed by atoms with Gasteiger partial charge in [0.15, 0.2) is 0 Å². The molecule has 0 aromatic carbocycles. The molecule has 118 valence electrons. The smallest absolute Gasteiger partial charge is 0.242 e. The van der Waals surface area contributed by atoms with E-state index in [1.807, 2.05) is 4.90 Å². The Balaban J connectivity index is 0.00000200. The van der Waals surface area contributed by atoms with Crippen LogP contribution in [0.2, 0.25) is 0 Å². The summed E-state index contributed by atoms with van der Waals surface area (Å²) >= 11 is 0. The van der Waals surface area contributed by atoms with Crippen LogP contribution in [0.1, 0.15) is 58.3 Å². The van der Waals surface area contributed by atoms with Crippen molar-refractivity contribution < 1.29 is 9.53 Å². The lowest BCUT2D eigenvalue weighted by atomic mass is 9.97. The van der Waals surface area contributed by atoms with Gasteiger partial charge in [0.25, 0.3) is 0 Å². The highest BCUT2D eigenvalue weighted by Crippen LogP contribution is 2.30. The maximum Gasteiger partial charge on any atom is 0.242 e. The van der Waals surface area contributed by atoms with Gasteiger partial charge in [-0.25, -0.2) is 0 Å². The summed E-state index contributed by atoms with van der Waals surface area (Å²) in [5.74, 6) is 0.182. The van der Waals surface area contributed by atoms with E-state index in [1.165, 1.54) is 0 Å². The molecule has 1 aliphatic heterocycles. The molecule has 0 spiro atoms. The number of nitrogens with zero attached hydrogens (tertiary/aromatic N) is 1. The van der Waals surface area contributed by atoms with Crippen LogP contribution in [0.5, 0.6) is 0 Å². The second kappa shape index (κ2) is 8.20. The van der Waals surface area contributed by atoms with Crippen LogP contribution in [-0.4, -0.2) is 42.1 Å². The van der Waals surface area contributed by atoms with Crippen LogP contribution in [0.25, 0.3) is 0 Å². The fraction of sp³-hybridized carbons (Fsp3) is 0.933. The summed E-state index contributed by atoms with van der Waals surface area (Å²) in [6, 6.07) is 0. The first-order chi connectivity index (χ1) is 9.15. The molecule has 1 atom stereocenters. The molecule has 2 N–H and O–H groups in total. The van der Waals surface area contributed by atoms with E-state index in [9.17, 15) is 4.79 Å². The molecule has 1 saturated carbocycles. The van der Waals surface area contributed by atoms with Crippen molar-refractivity contribution in [3.63, 3.8) is 0 Å². The molecule has 2 rings (SSSR count). The van der Waals surface area contributed by atoms with E-state index in [4.69, 9.17) is 10.5 Å². The number of ether oxygens (including phenoxy) is 1. The van der Waals surface area contributed by atoms with Crippen molar-refractivity contribution in [3.8, 4) is 0 Å². The van der Waals surface area contributed by atoms with Crippen molar-refractivity contribution in [2.75, 3.05) is 19.7 Å². The zero-order valence-corrected chi connectivity index (χ0v) is 13.4. The van der Waals surface area contributed by atoms with Gasteiger partial charge < -0.3 is 15.4 Å². The predicted molar refractivity (Wildman–Crippen MR) is 83.1 cm³/mol. The molecule has 2 aliphatic rings. The minimum Gasteiger partial charge on any atom is -0.378 e. The quantitative estimate of drug-likeness (QED) is 0.868. The van der Waals surface area contributed by atoms with Gasteiger partial charge in [0.1, 0.15) is 0 Å². The Bertz CT molecular complexity index is 306. The standard InChI is InChI=1S/C15H28N2O2.ClH/c1-2-12-19-13-6-5-10-17(11-7-13)14(18)15(16)8-3-4-9-15;/h13H,2-12,16H2,1H3;1H. The van der Waals surface area contributed by atoms with Gasteiger partial charge in [-0.3, -0.25) is 4.79 Å². The van der Waals surface area contributed by atoms with Gasteiger partial charge in [-0.05, 0) is 38.5 Å². The number of hydrogen-bond acceptors (Lipinski definition) is 3. The van der Waals surface area contributed by atoms with Gasteiger partial charge >= 0.3 is 0 Å². The number of likely N-dealkylation sites (tertiary alicyclic amines) is 1. The molecule has 1 aliphatic carbocycles. The molecule has 0 aromatic rings. The number of carbonyl (C=O) groups is 1. The van der Waals surface area contributed by atoms with Crippen molar-refractivity contribution in [3.05, 3.63) is 0 Å². The second-order valence-corrected chi connectivity index (χ2v) is 6.08. The van der Waals surface area contributed by atoms with Crippen molar-refractivity contribution in [2.24, 2.45) is 5.73 Å². The molecular weight excluding hydrogens is 276 g/mol. The van der Waals surface area contributed by atoms with E-state index in [1.54, 1.807) is 0 Å². The Kier molecular flexibility index (Phi) is 7.27. The first-order valence-electron chi connectivity index (χ1n) is 7.85. The molecule has 20 heavy (non-hydrogen) atoms. The Morgan fingerprint density at radius 3 is 2.60 bits per heavy atom. The van der Waals surface area contributed by atoms with Crippen LogP contribution in [0, 0.1) is 0 Å². The van der Waals surface area contributed by atoms with Gasteiger partial charge in [-0.15, -0.1) is 12.4 Å². The Morgan fingerprint density at radius 2 is 1.95 bits per heavy atom. The summed E-state index contributed by atoms with van der Waals surface area (Å²) in [5, 5.41) is 0. The number of amides is 1. The first kappa shape index (κ1) is 17.7.